The van der Waals surface area contributed by atoms with Crippen molar-refractivity contribution < 1.29 is 19.1 Å². The summed E-state index contributed by atoms with van der Waals surface area (Å²) in [6.45, 7) is 4.83. The normalized spacial score (nSPS) is 45.6. The molecular weight excluding hydrogens is 551 g/mol. The lowest BCUT2D eigenvalue weighted by atomic mass is 9.70. The third kappa shape index (κ3) is 6.26. The van der Waals surface area contributed by atoms with Crippen molar-refractivity contribution in [2.75, 3.05) is 40.4 Å². The van der Waals surface area contributed by atoms with Gasteiger partial charge in [0.2, 0.25) is 11.8 Å². The summed E-state index contributed by atoms with van der Waals surface area (Å²) >= 11 is 14.5. The summed E-state index contributed by atoms with van der Waals surface area (Å²) in [5.74, 6) is 0.449. The van der Waals surface area contributed by atoms with E-state index in [1.165, 1.54) is 0 Å². The zero-order chi connectivity index (χ0) is 27.0. The molecule has 5 saturated heterocycles. The lowest BCUT2D eigenvalue weighted by Crippen LogP contribution is -2.58. The predicted molar refractivity (Wildman–Crippen MR) is 149 cm³/mol. The number of piperidine rings is 3. The van der Waals surface area contributed by atoms with Crippen LogP contribution >= 0.6 is 35.0 Å². The van der Waals surface area contributed by atoms with Crippen LogP contribution in [0.2, 0.25) is 0 Å². The highest BCUT2D eigenvalue weighted by molar-refractivity contribution is 8.00. The molecule has 0 saturated carbocycles. The number of hydrogen-bond acceptors (Lipinski definition) is 9. The SMILES string of the molecule is COC1CCC(C(=O)N2CC3NC(NC(=O)C4CNC(C)CC4C4CC(Cl)NCC4OC)SC3C2)NC1Cl. The number of nitrogens with zero attached hydrogens (tertiary/aromatic N) is 1. The Bertz CT molecular complexity index is 849. The van der Waals surface area contributed by atoms with E-state index in [2.05, 4.69) is 33.5 Å². The van der Waals surface area contributed by atoms with Gasteiger partial charge < -0.3 is 25.0 Å². The molecule has 5 N–H and O–H groups in total. The van der Waals surface area contributed by atoms with Crippen LogP contribution in [-0.4, -0.2) is 109 Å². The van der Waals surface area contributed by atoms with E-state index in [0.717, 1.165) is 19.3 Å². The molecule has 0 aromatic heterocycles. The van der Waals surface area contributed by atoms with E-state index in [-0.39, 0.29) is 75.6 Å². The molecule has 5 fully saturated rings. The molecule has 0 radical (unpaired) electrons. The summed E-state index contributed by atoms with van der Waals surface area (Å²) in [5.41, 5.74) is -0.625. The molecular formula is C25H42Cl2N6O4S. The Morgan fingerprint density at radius 3 is 2.47 bits per heavy atom. The predicted octanol–water partition coefficient (Wildman–Crippen LogP) is 0.438. The van der Waals surface area contributed by atoms with Gasteiger partial charge in [0, 0.05) is 57.7 Å². The molecule has 12 unspecified atom stereocenters. The summed E-state index contributed by atoms with van der Waals surface area (Å²) in [4.78, 5) is 28.7. The first-order valence-electron chi connectivity index (χ1n) is 13.8. The van der Waals surface area contributed by atoms with Crippen molar-refractivity contribution in [1.82, 2.24) is 31.5 Å². The molecule has 0 aromatic carbocycles. The molecule has 5 aliphatic rings. The summed E-state index contributed by atoms with van der Waals surface area (Å²) in [6, 6.07) is 0.219. The molecule has 10 nitrogen and oxygen atoms in total. The van der Waals surface area contributed by atoms with Crippen molar-refractivity contribution in [2.45, 2.75) is 84.7 Å². The van der Waals surface area contributed by atoms with Gasteiger partial charge in [0.25, 0.3) is 0 Å². The molecule has 13 heteroatoms. The number of amides is 2. The molecule has 0 bridgehead atoms. The quantitative estimate of drug-likeness (QED) is 0.221. The van der Waals surface area contributed by atoms with Gasteiger partial charge in [-0.1, -0.05) is 0 Å². The average Bonchev–Trinajstić information content (AvgIpc) is 3.46. The highest BCUT2D eigenvalue weighted by Gasteiger charge is 2.47. The van der Waals surface area contributed by atoms with Gasteiger partial charge in [0.05, 0.1) is 29.7 Å². The number of rotatable bonds is 6. The maximum Gasteiger partial charge on any atom is 0.239 e. The van der Waals surface area contributed by atoms with Crippen LogP contribution < -0.4 is 26.6 Å². The van der Waals surface area contributed by atoms with Crippen molar-refractivity contribution >= 4 is 46.8 Å². The Morgan fingerprint density at radius 2 is 1.76 bits per heavy atom. The van der Waals surface area contributed by atoms with Crippen molar-refractivity contribution in [2.24, 2.45) is 17.8 Å². The summed E-state index contributed by atoms with van der Waals surface area (Å²) in [6.07, 6.45) is 3.16. The van der Waals surface area contributed by atoms with Crippen LogP contribution in [0.25, 0.3) is 0 Å². The minimum absolute atomic E-state index is 0.0468. The fourth-order valence-electron chi connectivity index (χ4n) is 6.96. The van der Waals surface area contributed by atoms with Gasteiger partial charge >= 0.3 is 0 Å². The van der Waals surface area contributed by atoms with E-state index >= 15 is 0 Å². The largest absolute Gasteiger partial charge is 0.380 e. The molecule has 0 aromatic rings. The molecule has 38 heavy (non-hydrogen) atoms. The minimum Gasteiger partial charge on any atom is -0.380 e. The number of nitrogens with one attached hydrogen (secondary N) is 5. The molecule has 0 spiro atoms. The lowest BCUT2D eigenvalue weighted by Gasteiger charge is -2.45. The number of halogens is 2. The number of alkyl halides is 2. The molecule has 0 aliphatic carbocycles. The van der Waals surface area contributed by atoms with Crippen LogP contribution in [-0.2, 0) is 19.1 Å². The smallest absolute Gasteiger partial charge is 0.239 e. The van der Waals surface area contributed by atoms with Gasteiger partial charge in [-0.2, -0.15) is 0 Å². The van der Waals surface area contributed by atoms with Crippen LogP contribution in [0.1, 0.15) is 32.6 Å². The fourth-order valence-corrected chi connectivity index (χ4v) is 9.04. The van der Waals surface area contributed by atoms with Crippen LogP contribution in [0.4, 0.5) is 0 Å². The number of carbonyl (C=O) groups is 2. The number of thioether (sulfide) groups is 1. The average molecular weight is 594 g/mol. The van der Waals surface area contributed by atoms with E-state index < -0.39 is 0 Å². The van der Waals surface area contributed by atoms with Gasteiger partial charge in [-0.25, -0.2) is 0 Å². The van der Waals surface area contributed by atoms with Crippen molar-refractivity contribution in [3.63, 3.8) is 0 Å². The van der Waals surface area contributed by atoms with E-state index in [1.807, 2.05) is 4.90 Å². The van der Waals surface area contributed by atoms with Crippen molar-refractivity contribution in [3.05, 3.63) is 0 Å². The van der Waals surface area contributed by atoms with Gasteiger partial charge in [-0.3, -0.25) is 25.5 Å². The maximum atomic E-state index is 13.6. The second kappa shape index (κ2) is 12.7. The first kappa shape index (κ1) is 29.1. The Labute approximate surface area is 239 Å². The van der Waals surface area contributed by atoms with Crippen LogP contribution in [0.5, 0.6) is 0 Å². The third-order valence-corrected chi connectivity index (χ3v) is 11.2. The number of fused-ring (bicyclic) bond motifs is 1. The summed E-state index contributed by atoms with van der Waals surface area (Å²) in [5, 5.41) is 17.1. The number of carbonyl (C=O) groups excluding carboxylic acids is 2. The highest BCUT2D eigenvalue weighted by atomic mass is 35.5. The zero-order valence-corrected chi connectivity index (χ0v) is 24.7. The van der Waals surface area contributed by atoms with Crippen molar-refractivity contribution in [1.29, 1.82) is 0 Å². The van der Waals surface area contributed by atoms with Crippen LogP contribution in [0.3, 0.4) is 0 Å². The Kier molecular flexibility index (Phi) is 9.70. The minimum atomic E-state index is -0.364. The molecule has 5 rings (SSSR count). The number of hydrogen-bond donors (Lipinski definition) is 5. The van der Waals surface area contributed by atoms with Crippen LogP contribution in [0.15, 0.2) is 0 Å². The molecule has 12 atom stereocenters. The number of ether oxygens (including phenoxy) is 2. The highest BCUT2D eigenvalue weighted by Crippen LogP contribution is 2.38. The molecule has 216 valence electrons. The van der Waals surface area contributed by atoms with Gasteiger partial charge in [0.1, 0.15) is 11.0 Å². The Hall–Kier alpha value is -0.370. The second-order valence-electron chi connectivity index (χ2n) is 11.4. The molecule has 5 aliphatic heterocycles. The van der Waals surface area contributed by atoms with Gasteiger partial charge in [-0.15, -0.1) is 35.0 Å². The zero-order valence-electron chi connectivity index (χ0n) is 22.3. The first-order valence-corrected chi connectivity index (χ1v) is 15.7. The summed E-state index contributed by atoms with van der Waals surface area (Å²) < 4.78 is 11.2. The fraction of sp³-hybridized carbons (Fsp3) is 0.920. The number of likely N-dealkylation sites (tertiary alicyclic amines) is 1. The van der Waals surface area contributed by atoms with E-state index in [0.29, 0.717) is 38.6 Å². The molecule has 5 heterocycles. The Balaban J connectivity index is 1.14. The maximum absolute atomic E-state index is 13.6. The first-order chi connectivity index (χ1) is 18.3. The van der Waals surface area contributed by atoms with E-state index in [9.17, 15) is 9.59 Å². The van der Waals surface area contributed by atoms with E-state index in [1.54, 1.807) is 26.0 Å². The standard InChI is InChI=1S/C25H42Cl2N6O4S/c1-12-6-13(14-7-21(26)29-9-19(14)37-3)15(8-28-12)23(34)32-25-31-17-10-33(11-20(17)38-25)24(35)16-4-5-18(36-2)22(27)30-16/h12-22,25,28-31H,4-11H2,1-3H3,(H,32,34). The van der Waals surface area contributed by atoms with Gasteiger partial charge in [0.15, 0.2) is 0 Å². The van der Waals surface area contributed by atoms with Crippen molar-refractivity contribution in [3.8, 4) is 0 Å². The van der Waals surface area contributed by atoms with E-state index in [4.69, 9.17) is 32.7 Å². The van der Waals surface area contributed by atoms with Crippen LogP contribution in [0, 0.1) is 17.8 Å². The van der Waals surface area contributed by atoms with Gasteiger partial charge in [-0.05, 0) is 44.4 Å². The second-order valence-corrected chi connectivity index (χ2v) is 13.8. The monoisotopic (exact) mass is 592 g/mol. The number of methoxy groups -OCH3 is 2. The topological polar surface area (TPSA) is 116 Å². The lowest BCUT2D eigenvalue weighted by molar-refractivity contribution is -0.134. The molecule has 2 amide bonds. The third-order valence-electron chi connectivity index (χ3n) is 9.07. The Morgan fingerprint density at radius 1 is 0.974 bits per heavy atom. The summed E-state index contributed by atoms with van der Waals surface area (Å²) in [7, 11) is 3.39.